The zero-order valence-electron chi connectivity index (χ0n) is 15.4. The SMILES string of the molecule is C=CC1CC[C@@H]([C@H](OC=O)c2ccnc3ccc(OC)cc23)N(CC)C1. The van der Waals surface area contributed by atoms with Crippen molar-refractivity contribution >= 4 is 17.4 Å². The molecular weight excluding hydrogens is 328 g/mol. The van der Waals surface area contributed by atoms with Crippen LogP contribution in [0.4, 0.5) is 0 Å². The summed E-state index contributed by atoms with van der Waals surface area (Å²) in [6.07, 6.45) is 5.47. The molecule has 0 spiro atoms. The Morgan fingerprint density at radius 2 is 2.23 bits per heavy atom. The Hall–Kier alpha value is -2.40. The quantitative estimate of drug-likeness (QED) is 0.560. The second kappa shape index (κ2) is 8.32. The summed E-state index contributed by atoms with van der Waals surface area (Å²) in [5.74, 6) is 1.25. The van der Waals surface area contributed by atoms with Crippen molar-refractivity contribution in [3.05, 3.63) is 48.7 Å². The Morgan fingerprint density at radius 1 is 1.38 bits per heavy atom. The normalized spacial score (nSPS) is 21.9. The van der Waals surface area contributed by atoms with Crippen LogP contribution in [-0.2, 0) is 9.53 Å². The van der Waals surface area contributed by atoms with Gasteiger partial charge in [-0.2, -0.15) is 0 Å². The number of piperidine rings is 1. The van der Waals surface area contributed by atoms with Crippen molar-refractivity contribution in [3.8, 4) is 5.75 Å². The monoisotopic (exact) mass is 354 g/mol. The van der Waals surface area contributed by atoms with Gasteiger partial charge < -0.3 is 9.47 Å². The zero-order valence-corrected chi connectivity index (χ0v) is 15.4. The largest absolute Gasteiger partial charge is 0.497 e. The van der Waals surface area contributed by atoms with Crippen LogP contribution in [0.2, 0.25) is 0 Å². The van der Waals surface area contributed by atoms with E-state index in [0.29, 0.717) is 12.4 Å². The summed E-state index contributed by atoms with van der Waals surface area (Å²) in [4.78, 5) is 18.1. The molecule has 3 atom stereocenters. The third-order valence-corrected chi connectivity index (χ3v) is 5.35. The summed E-state index contributed by atoms with van der Waals surface area (Å²) >= 11 is 0. The maximum Gasteiger partial charge on any atom is 0.293 e. The summed E-state index contributed by atoms with van der Waals surface area (Å²) < 4.78 is 11.0. The summed E-state index contributed by atoms with van der Waals surface area (Å²) in [5.41, 5.74) is 1.84. The number of hydrogen-bond donors (Lipinski definition) is 0. The maximum atomic E-state index is 11.3. The smallest absolute Gasteiger partial charge is 0.293 e. The maximum absolute atomic E-state index is 11.3. The minimum Gasteiger partial charge on any atom is -0.497 e. The van der Waals surface area contributed by atoms with Crippen molar-refractivity contribution in [1.82, 2.24) is 9.88 Å². The molecule has 1 aliphatic heterocycles. The van der Waals surface area contributed by atoms with Crippen molar-refractivity contribution in [2.45, 2.75) is 31.9 Å². The van der Waals surface area contributed by atoms with E-state index in [2.05, 4.69) is 23.4 Å². The van der Waals surface area contributed by atoms with E-state index >= 15 is 0 Å². The second-order valence-corrected chi connectivity index (χ2v) is 6.66. The first-order valence-corrected chi connectivity index (χ1v) is 9.10. The number of methoxy groups -OCH3 is 1. The molecule has 1 fully saturated rings. The van der Waals surface area contributed by atoms with Crippen LogP contribution < -0.4 is 4.74 Å². The second-order valence-electron chi connectivity index (χ2n) is 6.66. The molecule has 0 bridgehead atoms. The topological polar surface area (TPSA) is 51.7 Å². The number of hydrogen-bond acceptors (Lipinski definition) is 5. The molecule has 26 heavy (non-hydrogen) atoms. The molecule has 3 rings (SSSR count). The number of pyridine rings is 1. The molecule has 138 valence electrons. The van der Waals surface area contributed by atoms with Crippen LogP contribution in [0.25, 0.3) is 10.9 Å². The highest BCUT2D eigenvalue weighted by atomic mass is 16.5. The molecule has 5 nitrogen and oxygen atoms in total. The van der Waals surface area contributed by atoms with Gasteiger partial charge in [-0.15, -0.1) is 6.58 Å². The molecule has 0 aliphatic carbocycles. The molecule has 1 aliphatic rings. The van der Waals surface area contributed by atoms with Gasteiger partial charge in [0.05, 0.1) is 18.7 Å². The first-order valence-electron chi connectivity index (χ1n) is 9.10. The number of benzene rings is 1. The number of carbonyl (C=O) groups is 1. The van der Waals surface area contributed by atoms with Gasteiger partial charge in [0.2, 0.25) is 0 Å². The predicted octanol–water partition coefficient (Wildman–Crippen LogP) is 3.74. The van der Waals surface area contributed by atoms with Gasteiger partial charge in [0.1, 0.15) is 11.9 Å². The van der Waals surface area contributed by atoms with E-state index in [-0.39, 0.29) is 12.1 Å². The lowest BCUT2D eigenvalue weighted by Gasteiger charge is -2.41. The fraction of sp³-hybridized carbons (Fsp3) is 0.429. The first kappa shape index (κ1) is 18.4. The summed E-state index contributed by atoms with van der Waals surface area (Å²) in [6, 6.07) is 7.87. The average molecular weight is 354 g/mol. The number of aromatic nitrogens is 1. The number of fused-ring (bicyclic) bond motifs is 1. The van der Waals surface area contributed by atoms with Crippen molar-refractivity contribution in [2.24, 2.45) is 5.92 Å². The van der Waals surface area contributed by atoms with Gasteiger partial charge >= 0.3 is 0 Å². The van der Waals surface area contributed by atoms with Crippen LogP contribution in [-0.4, -0.2) is 42.6 Å². The van der Waals surface area contributed by atoms with Gasteiger partial charge in [-0.3, -0.25) is 14.7 Å². The number of likely N-dealkylation sites (N-methyl/N-ethyl adjacent to an activating group) is 1. The van der Waals surface area contributed by atoms with Gasteiger partial charge in [-0.05, 0) is 49.6 Å². The molecule has 2 aromatic rings. The zero-order chi connectivity index (χ0) is 18.5. The highest BCUT2D eigenvalue weighted by molar-refractivity contribution is 5.84. The molecule has 0 radical (unpaired) electrons. The van der Waals surface area contributed by atoms with E-state index in [4.69, 9.17) is 9.47 Å². The van der Waals surface area contributed by atoms with E-state index in [1.807, 2.05) is 30.3 Å². The number of rotatable bonds is 7. The van der Waals surface area contributed by atoms with Gasteiger partial charge in [0.25, 0.3) is 6.47 Å². The van der Waals surface area contributed by atoms with E-state index in [0.717, 1.165) is 48.1 Å². The lowest BCUT2D eigenvalue weighted by molar-refractivity contribution is -0.138. The molecule has 2 heterocycles. The number of carbonyl (C=O) groups excluding carboxylic acids is 1. The van der Waals surface area contributed by atoms with E-state index in [1.165, 1.54) is 0 Å². The molecule has 0 saturated carbocycles. The van der Waals surface area contributed by atoms with Crippen LogP contribution in [0.15, 0.2) is 43.1 Å². The minimum atomic E-state index is -0.337. The number of likely N-dealkylation sites (tertiary alicyclic amines) is 1. The Labute approximate surface area is 154 Å². The van der Waals surface area contributed by atoms with Crippen LogP contribution in [0.3, 0.4) is 0 Å². The fourth-order valence-electron chi connectivity index (χ4n) is 3.95. The van der Waals surface area contributed by atoms with Gasteiger partial charge in [0.15, 0.2) is 0 Å². The number of ether oxygens (including phenoxy) is 2. The van der Waals surface area contributed by atoms with Crippen molar-refractivity contribution < 1.29 is 14.3 Å². The number of nitrogens with zero attached hydrogens (tertiary/aromatic N) is 2. The Balaban J connectivity index is 2.03. The Morgan fingerprint density at radius 3 is 2.92 bits per heavy atom. The summed E-state index contributed by atoms with van der Waals surface area (Å²) in [6.45, 7) is 8.49. The molecule has 1 saturated heterocycles. The molecule has 1 unspecified atom stereocenters. The summed E-state index contributed by atoms with van der Waals surface area (Å²) in [5, 5.41) is 0.959. The predicted molar refractivity (Wildman–Crippen MR) is 102 cm³/mol. The lowest BCUT2D eigenvalue weighted by atomic mass is 9.87. The Kier molecular flexibility index (Phi) is 5.89. The fourth-order valence-corrected chi connectivity index (χ4v) is 3.95. The minimum absolute atomic E-state index is 0.137. The third-order valence-electron chi connectivity index (χ3n) is 5.35. The van der Waals surface area contributed by atoms with Gasteiger partial charge in [-0.25, -0.2) is 0 Å². The highest BCUT2D eigenvalue weighted by Gasteiger charge is 2.35. The molecule has 0 N–H and O–H groups in total. The molecule has 1 aromatic carbocycles. The van der Waals surface area contributed by atoms with Crippen molar-refractivity contribution in [1.29, 1.82) is 0 Å². The molecule has 0 amide bonds. The van der Waals surface area contributed by atoms with Crippen LogP contribution >= 0.6 is 0 Å². The van der Waals surface area contributed by atoms with E-state index in [9.17, 15) is 4.79 Å². The average Bonchev–Trinajstić information content (AvgIpc) is 2.70. The van der Waals surface area contributed by atoms with Gasteiger partial charge in [-0.1, -0.05) is 13.0 Å². The van der Waals surface area contributed by atoms with Gasteiger partial charge in [0, 0.05) is 23.7 Å². The molecule has 1 aromatic heterocycles. The van der Waals surface area contributed by atoms with E-state index < -0.39 is 0 Å². The van der Waals surface area contributed by atoms with Crippen LogP contribution in [0, 0.1) is 5.92 Å². The van der Waals surface area contributed by atoms with Crippen molar-refractivity contribution in [3.63, 3.8) is 0 Å². The first-order chi connectivity index (χ1) is 12.7. The standard InChI is InChI=1S/C21H26N2O3/c1-4-15-6-9-20(23(5-2)13-15)21(26-14-24)17-10-11-22-19-8-7-16(25-3)12-18(17)19/h4,7-8,10-12,14-15,20-21H,1,5-6,9,13H2,2-3H3/t15?,20-,21+/m0/s1. The van der Waals surface area contributed by atoms with Crippen LogP contribution in [0.5, 0.6) is 5.75 Å². The third kappa shape index (κ3) is 3.58. The van der Waals surface area contributed by atoms with Crippen LogP contribution in [0.1, 0.15) is 31.4 Å². The van der Waals surface area contributed by atoms with Crippen molar-refractivity contribution in [2.75, 3.05) is 20.2 Å². The highest BCUT2D eigenvalue weighted by Crippen LogP contribution is 2.36. The molecule has 5 heteroatoms. The lowest BCUT2D eigenvalue weighted by Crippen LogP contribution is -2.46. The Bertz CT molecular complexity index is 777. The summed E-state index contributed by atoms with van der Waals surface area (Å²) in [7, 11) is 1.64. The molecular formula is C21H26N2O3. The van der Waals surface area contributed by atoms with E-state index in [1.54, 1.807) is 13.3 Å².